The standard InChI is InChI=1S/C20H20ClN3O3/c1-24-12-17(16-4-2-3-5-18(16)24)20(26)23-11-10-22-19(25)13-27-15-8-6-14(21)7-9-15/h2-9,12H,10-11,13H2,1H3,(H,22,25)(H,23,26). The molecule has 27 heavy (non-hydrogen) atoms. The largest absolute Gasteiger partial charge is 0.484 e. The summed E-state index contributed by atoms with van der Waals surface area (Å²) >= 11 is 5.79. The molecule has 0 radical (unpaired) electrons. The molecular weight excluding hydrogens is 366 g/mol. The van der Waals surface area contributed by atoms with Crippen LogP contribution >= 0.6 is 11.6 Å². The van der Waals surface area contributed by atoms with Gasteiger partial charge >= 0.3 is 0 Å². The Morgan fingerprint density at radius 2 is 1.74 bits per heavy atom. The number of halogens is 1. The number of nitrogens with zero attached hydrogens (tertiary/aromatic N) is 1. The van der Waals surface area contributed by atoms with Crippen LogP contribution in [0.4, 0.5) is 0 Å². The highest BCUT2D eigenvalue weighted by Gasteiger charge is 2.13. The lowest BCUT2D eigenvalue weighted by molar-refractivity contribution is -0.123. The van der Waals surface area contributed by atoms with Crippen molar-refractivity contribution in [2.75, 3.05) is 19.7 Å². The maximum absolute atomic E-state index is 12.4. The summed E-state index contributed by atoms with van der Waals surface area (Å²) in [7, 11) is 1.90. The van der Waals surface area contributed by atoms with Gasteiger partial charge in [0.1, 0.15) is 5.75 Å². The second-order valence-corrected chi connectivity index (χ2v) is 6.46. The van der Waals surface area contributed by atoms with E-state index in [2.05, 4.69) is 10.6 Å². The molecule has 0 aliphatic heterocycles. The summed E-state index contributed by atoms with van der Waals surface area (Å²) in [6.45, 7) is 0.549. The van der Waals surface area contributed by atoms with E-state index < -0.39 is 0 Å². The first kappa shape index (κ1) is 18.8. The molecule has 2 N–H and O–H groups in total. The topological polar surface area (TPSA) is 72.4 Å². The zero-order chi connectivity index (χ0) is 19.2. The molecule has 0 atom stereocenters. The second kappa shape index (κ2) is 8.60. The van der Waals surface area contributed by atoms with Crippen LogP contribution in [-0.2, 0) is 11.8 Å². The fraction of sp³-hybridized carbons (Fsp3) is 0.200. The molecule has 0 saturated carbocycles. The summed E-state index contributed by atoms with van der Waals surface area (Å²) in [6, 6.07) is 14.5. The van der Waals surface area contributed by atoms with Crippen LogP contribution in [0.1, 0.15) is 10.4 Å². The van der Waals surface area contributed by atoms with Gasteiger partial charge in [0.25, 0.3) is 11.8 Å². The third-order valence-corrected chi connectivity index (χ3v) is 4.31. The molecule has 6 nitrogen and oxygen atoms in total. The highest BCUT2D eigenvalue weighted by molar-refractivity contribution is 6.30. The van der Waals surface area contributed by atoms with Gasteiger partial charge in [-0.25, -0.2) is 0 Å². The van der Waals surface area contributed by atoms with Crippen molar-refractivity contribution in [3.8, 4) is 5.75 Å². The first-order chi connectivity index (χ1) is 13.0. The van der Waals surface area contributed by atoms with Crippen molar-refractivity contribution < 1.29 is 14.3 Å². The molecule has 140 valence electrons. The number of hydrogen-bond donors (Lipinski definition) is 2. The van der Waals surface area contributed by atoms with Gasteiger partial charge in [0.15, 0.2) is 6.61 Å². The number of nitrogens with one attached hydrogen (secondary N) is 2. The minimum atomic E-state index is -0.260. The SMILES string of the molecule is Cn1cc(C(=O)NCCNC(=O)COc2ccc(Cl)cc2)c2ccccc21. The molecule has 3 rings (SSSR count). The van der Waals surface area contributed by atoms with Gasteiger partial charge in [-0.15, -0.1) is 0 Å². The first-order valence-corrected chi connectivity index (χ1v) is 8.90. The van der Waals surface area contributed by atoms with Crippen LogP contribution in [0.5, 0.6) is 5.75 Å². The van der Waals surface area contributed by atoms with E-state index in [1.165, 1.54) is 0 Å². The van der Waals surface area contributed by atoms with Crippen molar-refractivity contribution in [2.45, 2.75) is 0 Å². The minimum Gasteiger partial charge on any atom is -0.484 e. The highest BCUT2D eigenvalue weighted by atomic mass is 35.5. The molecule has 3 aromatic rings. The Hall–Kier alpha value is -2.99. The number of carbonyl (C=O) groups excluding carboxylic acids is 2. The highest BCUT2D eigenvalue weighted by Crippen LogP contribution is 2.20. The van der Waals surface area contributed by atoms with Crippen molar-refractivity contribution >= 4 is 34.3 Å². The quantitative estimate of drug-likeness (QED) is 0.614. The summed E-state index contributed by atoms with van der Waals surface area (Å²) in [5.74, 6) is 0.140. The molecule has 1 aromatic heterocycles. The van der Waals surface area contributed by atoms with E-state index in [9.17, 15) is 9.59 Å². The van der Waals surface area contributed by atoms with Crippen LogP contribution in [0.25, 0.3) is 10.9 Å². The molecule has 1 heterocycles. The number of carbonyl (C=O) groups is 2. The van der Waals surface area contributed by atoms with Gasteiger partial charge in [-0.1, -0.05) is 29.8 Å². The number of benzene rings is 2. The van der Waals surface area contributed by atoms with Crippen LogP contribution in [0.3, 0.4) is 0 Å². The maximum atomic E-state index is 12.4. The molecule has 2 amide bonds. The Balaban J connectivity index is 1.42. The Morgan fingerprint density at radius 1 is 1.04 bits per heavy atom. The van der Waals surface area contributed by atoms with Crippen molar-refractivity contribution in [2.24, 2.45) is 7.05 Å². The van der Waals surface area contributed by atoms with Crippen LogP contribution in [0.2, 0.25) is 5.02 Å². The van der Waals surface area contributed by atoms with E-state index in [1.54, 1.807) is 30.5 Å². The molecular formula is C20H20ClN3O3. The van der Waals surface area contributed by atoms with Crippen molar-refractivity contribution in [3.05, 3.63) is 65.3 Å². The number of hydrogen-bond acceptors (Lipinski definition) is 3. The molecule has 0 unspecified atom stereocenters. The number of para-hydroxylation sites is 1. The molecule has 0 aliphatic rings. The zero-order valence-corrected chi connectivity index (χ0v) is 15.6. The number of rotatable bonds is 7. The molecule has 2 aromatic carbocycles. The summed E-state index contributed by atoms with van der Waals surface area (Å²) in [6.07, 6.45) is 1.80. The zero-order valence-electron chi connectivity index (χ0n) is 14.9. The Labute approximate surface area is 162 Å². The van der Waals surface area contributed by atoms with Gasteiger partial charge in [0, 0.05) is 42.3 Å². The van der Waals surface area contributed by atoms with Gasteiger partial charge < -0.3 is 19.9 Å². The predicted octanol–water partition coefficient (Wildman–Crippen LogP) is 2.76. The number of aryl methyl sites for hydroxylation is 1. The molecule has 0 fully saturated rings. The molecule has 0 spiro atoms. The molecule has 0 aliphatic carbocycles. The molecule has 7 heteroatoms. The fourth-order valence-electron chi connectivity index (χ4n) is 2.73. The van der Waals surface area contributed by atoms with Gasteiger partial charge in [0.2, 0.25) is 0 Å². The van der Waals surface area contributed by atoms with Crippen molar-refractivity contribution in [1.29, 1.82) is 0 Å². The Kier molecular flexibility index (Phi) is 5.98. The summed E-state index contributed by atoms with van der Waals surface area (Å²) < 4.78 is 7.28. The van der Waals surface area contributed by atoms with E-state index in [-0.39, 0.29) is 18.4 Å². The van der Waals surface area contributed by atoms with E-state index >= 15 is 0 Å². The van der Waals surface area contributed by atoms with Gasteiger partial charge in [0.05, 0.1) is 5.56 Å². The van der Waals surface area contributed by atoms with Crippen molar-refractivity contribution in [1.82, 2.24) is 15.2 Å². The summed E-state index contributed by atoms with van der Waals surface area (Å²) in [5.41, 5.74) is 1.61. The van der Waals surface area contributed by atoms with E-state index in [1.807, 2.05) is 35.9 Å². The van der Waals surface area contributed by atoms with Gasteiger partial charge in [-0.2, -0.15) is 0 Å². The molecule has 0 bridgehead atoms. The number of ether oxygens (including phenoxy) is 1. The smallest absolute Gasteiger partial charge is 0.258 e. The summed E-state index contributed by atoms with van der Waals surface area (Å²) in [5, 5.41) is 7.03. The third kappa shape index (κ3) is 4.80. The van der Waals surface area contributed by atoms with Crippen LogP contribution in [0, 0.1) is 0 Å². The maximum Gasteiger partial charge on any atom is 0.258 e. The summed E-state index contributed by atoms with van der Waals surface area (Å²) in [4.78, 5) is 24.2. The normalized spacial score (nSPS) is 10.6. The average Bonchev–Trinajstić information content (AvgIpc) is 3.02. The third-order valence-electron chi connectivity index (χ3n) is 4.06. The number of amides is 2. The van der Waals surface area contributed by atoms with Gasteiger partial charge in [-0.3, -0.25) is 9.59 Å². The van der Waals surface area contributed by atoms with Gasteiger partial charge in [-0.05, 0) is 30.3 Å². The lowest BCUT2D eigenvalue weighted by Gasteiger charge is -2.08. The Bertz CT molecular complexity index is 951. The minimum absolute atomic E-state index is 0.0983. The lowest BCUT2D eigenvalue weighted by atomic mass is 10.1. The number of fused-ring (bicyclic) bond motifs is 1. The molecule has 0 saturated heterocycles. The lowest BCUT2D eigenvalue weighted by Crippen LogP contribution is -2.36. The monoisotopic (exact) mass is 385 g/mol. The average molecular weight is 386 g/mol. The van der Waals surface area contributed by atoms with E-state index in [0.29, 0.717) is 29.4 Å². The first-order valence-electron chi connectivity index (χ1n) is 8.52. The fourth-order valence-corrected chi connectivity index (χ4v) is 2.85. The second-order valence-electron chi connectivity index (χ2n) is 6.02. The van der Waals surface area contributed by atoms with Crippen LogP contribution in [-0.4, -0.2) is 36.1 Å². The van der Waals surface area contributed by atoms with E-state index in [4.69, 9.17) is 16.3 Å². The predicted molar refractivity (Wildman–Crippen MR) is 105 cm³/mol. The van der Waals surface area contributed by atoms with E-state index in [0.717, 1.165) is 10.9 Å². The van der Waals surface area contributed by atoms with Crippen molar-refractivity contribution in [3.63, 3.8) is 0 Å². The number of aromatic nitrogens is 1. The van der Waals surface area contributed by atoms with Crippen LogP contribution < -0.4 is 15.4 Å². The Morgan fingerprint density at radius 3 is 2.52 bits per heavy atom. The van der Waals surface area contributed by atoms with Crippen LogP contribution in [0.15, 0.2) is 54.7 Å².